The predicted molar refractivity (Wildman–Crippen MR) is 131 cm³/mol. The van der Waals surface area contributed by atoms with E-state index in [2.05, 4.69) is 20.6 Å². The summed E-state index contributed by atoms with van der Waals surface area (Å²) in [6, 6.07) is 14.5. The molecule has 8 nitrogen and oxygen atoms in total. The molecule has 0 bridgehead atoms. The zero-order chi connectivity index (χ0) is 23.7. The maximum Gasteiger partial charge on any atom is 0.325 e. The smallest absolute Gasteiger partial charge is 0.325 e. The maximum absolute atomic E-state index is 13.5. The molecule has 34 heavy (non-hydrogen) atoms. The van der Waals surface area contributed by atoms with E-state index in [-0.39, 0.29) is 18.5 Å². The van der Waals surface area contributed by atoms with Gasteiger partial charge in [-0.25, -0.2) is 9.78 Å². The van der Waals surface area contributed by atoms with Crippen LogP contribution in [0.3, 0.4) is 0 Å². The third-order valence-corrected chi connectivity index (χ3v) is 7.28. The van der Waals surface area contributed by atoms with Crippen LogP contribution in [0.1, 0.15) is 42.3 Å². The molecule has 1 spiro atoms. The van der Waals surface area contributed by atoms with Crippen molar-refractivity contribution >= 4 is 40.6 Å². The highest BCUT2D eigenvalue weighted by Gasteiger charge is 2.54. The van der Waals surface area contributed by atoms with Gasteiger partial charge in [0.15, 0.2) is 0 Å². The van der Waals surface area contributed by atoms with Crippen LogP contribution in [0, 0.1) is 0 Å². The number of carbonyl (C=O) groups is 3. The van der Waals surface area contributed by atoms with Crippen LogP contribution in [0.4, 0.5) is 4.79 Å². The number of nitrogens with one attached hydrogen (secondary N) is 3. The molecule has 0 radical (unpaired) electrons. The molecule has 1 fully saturated rings. The molecule has 3 N–H and O–H groups in total. The third-order valence-electron chi connectivity index (χ3n) is 6.64. The number of H-pyrrole nitrogens is 1. The van der Waals surface area contributed by atoms with E-state index in [0.29, 0.717) is 18.7 Å². The molecule has 1 aliphatic heterocycles. The molecule has 2 heterocycles. The number of hydrogen-bond donors (Lipinski definition) is 3. The van der Waals surface area contributed by atoms with Crippen LogP contribution in [0.2, 0.25) is 0 Å². The van der Waals surface area contributed by atoms with E-state index in [4.69, 9.17) is 0 Å². The Balaban J connectivity index is 1.34. The number of fused-ring (bicyclic) bond motifs is 3. The monoisotopic (exact) mass is 477 g/mol. The Morgan fingerprint density at radius 1 is 1.21 bits per heavy atom. The number of aromatic nitrogens is 2. The summed E-state index contributed by atoms with van der Waals surface area (Å²) in [6.45, 7) is -0.329. The molecule has 3 aromatic rings. The van der Waals surface area contributed by atoms with Gasteiger partial charge in [0.25, 0.3) is 5.91 Å². The second kappa shape index (κ2) is 9.13. The Labute approximate surface area is 201 Å². The molecular formula is C25H27N5O3S. The Kier molecular flexibility index (Phi) is 6.03. The number of imidazole rings is 1. The molecule has 2 aliphatic rings. The normalized spacial score (nSPS) is 20.4. The minimum Gasteiger partial charge on any atom is -0.345 e. The second-order valence-electron chi connectivity index (χ2n) is 8.78. The zero-order valence-corrected chi connectivity index (χ0v) is 19.8. The van der Waals surface area contributed by atoms with Gasteiger partial charge in [-0.15, -0.1) is 0 Å². The molecule has 1 aliphatic carbocycles. The van der Waals surface area contributed by atoms with E-state index in [1.807, 2.05) is 54.8 Å². The van der Waals surface area contributed by atoms with Crippen LogP contribution >= 0.6 is 11.8 Å². The fraction of sp³-hybridized carbons (Fsp3) is 0.360. The Morgan fingerprint density at radius 2 is 2.00 bits per heavy atom. The number of thioether (sulfide) groups is 1. The van der Waals surface area contributed by atoms with E-state index >= 15 is 0 Å². The Bertz CT molecular complexity index is 1230. The number of nitrogens with zero attached hydrogens (tertiary/aromatic N) is 2. The average Bonchev–Trinajstić information content (AvgIpc) is 3.37. The number of para-hydroxylation sites is 2. The number of aryl methyl sites for hydroxylation is 1. The number of rotatable bonds is 7. The van der Waals surface area contributed by atoms with E-state index in [0.717, 1.165) is 45.7 Å². The summed E-state index contributed by atoms with van der Waals surface area (Å²) in [6.07, 6.45) is 4.88. The second-order valence-corrected chi connectivity index (χ2v) is 9.76. The molecule has 0 saturated carbocycles. The first-order chi connectivity index (χ1) is 16.5. The van der Waals surface area contributed by atoms with Crippen molar-refractivity contribution in [1.82, 2.24) is 25.5 Å². The summed E-state index contributed by atoms with van der Waals surface area (Å²) >= 11 is 1.68. The summed E-state index contributed by atoms with van der Waals surface area (Å²) in [5.74, 6) is 0.740. The fourth-order valence-electron chi connectivity index (χ4n) is 4.99. The van der Waals surface area contributed by atoms with Crippen molar-refractivity contribution in [3.8, 4) is 0 Å². The van der Waals surface area contributed by atoms with Gasteiger partial charge in [-0.1, -0.05) is 36.4 Å². The number of hydrogen-bond acceptors (Lipinski definition) is 5. The quantitative estimate of drug-likeness (QED) is 0.453. The van der Waals surface area contributed by atoms with Gasteiger partial charge < -0.3 is 15.6 Å². The predicted octanol–water partition coefficient (Wildman–Crippen LogP) is 3.26. The van der Waals surface area contributed by atoms with Gasteiger partial charge in [0.2, 0.25) is 5.91 Å². The Hall–Kier alpha value is -3.33. The van der Waals surface area contributed by atoms with Crippen LogP contribution in [-0.4, -0.2) is 51.3 Å². The van der Waals surface area contributed by atoms with Crippen molar-refractivity contribution in [2.45, 2.75) is 37.3 Å². The molecule has 2 aromatic carbocycles. The van der Waals surface area contributed by atoms with Crippen LogP contribution in [-0.2, 0) is 21.5 Å². The summed E-state index contributed by atoms with van der Waals surface area (Å²) in [7, 11) is 0. The minimum absolute atomic E-state index is 0.329. The lowest BCUT2D eigenvalue weighted by atomic mass is 9.76. The molecule has 0 unspecified atom stereocenters. The highest BCUT2D eigenvalue weighted by molar-refractivity contribution is 7.98. The van der Waals surface area contributed by atoms with Gasteiger partial charge in [-0.05, 0) is 61.0 Å². The minimum atomic E-state index is -1.08. The Morgan fingerprint density at radius 3 is 2.82 bits per heavy atom. The lowest BCUT2D eigenvalue weighted by molar-refractivity contribution is -0.135. The van der Waals surface area contributed by atoms with E-state index in [1.54, 1.807) is 11.8 Å². The van der Waals surface area contributed by atoms with Gasteiger partial charge in [-0.3, -0.25) is 14.5 Å². The molecule has 1 saturated heterocycles. The van der Waals surface area contributed by atoms with Gasteiger partial charge in [0, 0.05) is 0 Å². The van der Waals surface area contributed by atoms with Gasteiger partial charge in [0.1, 0.15) is 17.9 Å². The van der Waals surface area contributed by atoms with Crippen molar-refractivity contribution in [2.24, 2.45) is 0 Å². The maximum atomic E-state index is 13.5. The lowest BCUT2D eigenvalue weighted by Gasteiger charge is -2.33. The standard InChI is InChI=1S/C25H27N5O3S/c1-34-14-12-20(22-27-18-10-4-5-11-19(18)28-22)26-21(31)15-30-23(32)25(29-24(30)33)13-6-8-16-7-2-3-9-17(16)25/h2-5,7,9-11,20H,6,8,12-15H2,1H3,(H,26,31)(H,27,28)(H,29,33)/t20-,25-/m0/s1. The topological polar surface area (TPSA) is 107 Å². The van der Waals surface area contributed by atoms with Crippen LogP contribution in [0.25, 0.3) is 11.0 Å². The van der Waals surface area contributed by atoms with E-state index in [9.17, 15) is 14.4 Å². The average molecular weight is 478 g/mol. The summed E-state index contributed by atoms with van der Waals surface area (Å²) in [5, 5.41) is 5.89. The fourth-order valence-corrected chi connectivity index (χ4v) is 5.46. The summed E-state index contributed by atoms with van der Waals surface area (Å²) in [4.78, 5) is 48.3. The number of urea groups is 1. The number of benzene rings is 2. The summed E-state index contributed by atoms with van der Waals surface area (Å²) in [5.41, 5.74) is 2.54. The lowest BCUT2D eigenvalue weighted by Crippen LogP contribution is -2.47. The largest absolute Gasteiger partial charge is 0.345 e. The molecule has 176 valence electrons. The highest BCUT2D eigenvalue weighted by Crippen LogP contribution is 2.39. The molecule has 2 atom stereocenters. The van der Waals surface area contributed by atoms with Crippen molar-refractivity contribution in [3.05, 3.63) is 65.5 Å². The highest BCUT2D eigenvalue weighted by atomic mass is 32.2. The molecule has 1 aromatic heterocycles. The zero-order valence-electron chi connectivity index (χ0n) is 19.0. The van der Waals surface area contributed by atoms with E-state index < -0.39 is 17.5 Å². The molecular weight excluding hydrogens is 450 g/mol. The summed E-state index contributed by atoms with van der Waals surface area (Å²) < 4.78 is 0. The van der Waals surface area contributed by atoms with Crippen LogP contribution in [0.15, 0.2) is 48.5 Å². The van der Waals surface area contributed by atoms with Gasteiger partial charge in [0.05, 0.1) is 17.1 Å². The number of amides is 4. The molecule has 4 amide bonds. The van der Waals surface area contributed by atoms with E-state index in [1.165, 1.54) is 0 Å². The molecule has 9 heteroatoms. The van der Waals surface area contributed by atoms with Crippen molar-refractivity contribution in [2.75, 3.05) is 18.6 Å². The first-order valence-electron chi connectivity index (χ1n) is 11.5. The SMILES string of the molecule is CSCC[C@H](NC(=O)CN1C(=O)N[C@]2(CCCc3ccccc32)C1=O)c1nc2ccccc2[nH]1. The number of carbonyl (C=O) groups excluding carboxylic acids is 3. The van der Waals surface area contributed by atoms with Crippen LogP contribution in [0.5, 0.6) is 0 Å². The van der Waals surface area contributed by atoms with Gasteiger partial charge >= 0.3 is 6.03 Å². The first kappa shape index (κ1) is 22.5. The van der Waals surface area contributed by atoms with Crippen molar-refractivity contribution < 1.29 is 14.4 Å². The first-order valence-corrected chi connectivity index (χ1v) is 12.9. The number of imide groups is 1. The molecule has 5 rings (SSSR count). The number of aromatic amines is 1. The third kappa shape index (κ3) is 3.94. The van der Waals surface area contributed by atoms with Gasteiger partial charge in [-0.2, -0.15) is 11.8 Å². The van der Waals surface area contributed by atoms with Crippen LogP contribution < -0.4 is 10.6 Å². The van der Waals surface area contributed by atoms with Crippen molar-refractivity contribution in [1.29, 1.82) is 0 Å². The van der Waals surface area contributed by atoms with Crippen molar-refractivity contribution in [3.63, 3.8) is 0 Å².